The number of amides is 1. The maximum Gasteiger partial charge on any atom is 0.227 e. The maximum absolute atomic E-state index is 12.5. The van der Waals surface area contributed by atoms with Crippen molar-refractivity contribution in [1.29, 1.82) is 0 Å². The van der Waals surface area contributed by atoms with Crippen molar-refractivity contribution in [3.63, 3.8) is 0 Å². The van der Waals surface area contributed by atoms with Gasteiger partial charge in [0.25, 0.3) is 0 Å². The van der Waals surface area contributed by atoms with Crippen LogP contribution in [0.4, 0.5) is 5.69 Å². The smallest absolute Gasteiger partial charge is 0.227 e. The number of benzene rings is 2. The molecule has 0 atom stereocenters. The molecule has 1 aromatic heterocycles. The van der Waals surface area contributed by atoms with Crippen LogP contribution in [0.2, 0.25) is 0 Å². The Morgan fingerprint density at radius 2 is 1.80 bits per heavy atom. The van der Waals surface area contributed by atoms with Crippen molar-refractivity contribution < 1.29 is 4.79 Å². The molecule has 4 rings (SSSR count). The standard InChI is InChI=1S/C22H26N6OS/c1-16-7-6-10-20(17(16)2)28-22(30)27(24-25-28)15-26-13-11-18(12-14-26)21(29)23-19-8-4-3-5-9-19/h3-10,18H,11-15H2,1-2H3,(H,23,29). The normalized spacial score (nSPS) is 15.3. The number of aryl methyl sites for hydroxylation is 1. The topological polar surface area (TPSA) is 68.0 Å². The first-order valence-electron chi connectivity index (χ1n) is 10.2. The SMILES string of the molecule is Cc1cccc(-n2nnn(CN3CCC(C(=O)Nc4ccccc4)CC3)c2=S)c1C. The van der Waals surface area contributed by atoms with Crippen molar-refractivity contribution in [3.05, 3.63) is 64.4 Å². The van der Waals surface area contributed by atoms with Crippen LogP contribution >= 0.6 is 12.2 Å². The molecule has 1 fully saturated rings. The molecule has 0 aliphatic carbocycles. The Balaban J connectivity index is 1.37. The highest BCUT2D eigenvalue weighted by atomic mass is 32.1. The monoisotopic (exact) mass is 422 g/mol. The first-order valence-corrected chi connectivity index (χ1v) is 10.6. The number of likely N-dealkylation sites (tertiary alicyclic amines) is 1. The zero-order valence-corrected chi connectivity index (χ0v) is 18.1. The highest BCUT2D eigenvalue weighted by Gasteiger charge is 2.25. The zero-order chi connectivity index (χ0) is 21.1. The molecule has 0 spiro atoms. The van der Waals surface area contributed by atoms with Crippen LogP contribution in [0.15, 0.2) is 48.5 Å². The number of piperidine rings is 1. The Bertz CT molecular complexity index is 1080. The van der Waals surface area contributed by atoms with E-state index in [0.29, 0.717) is 11.4 Å². The van der Waals surface area contributed by atoms with Gasteiger partial charge in [0.1, 0.15) is 0 Å². The lowest BCUT2D eigenvalue weighted by Gasteiger charge is -2.30. The van der Waals surface area contributed by atoms with Crippen LogP contribution in [-0.2, 0) is 11.5 Å². The van der Waals surface area contributed by atoms with E-state index in [-0.39, 0.29) is 11.8 Å². The minimum Gasteiger partial charge on any atom is -0.326 e. The Kier molecular flexibility index (Phi) is 6.06. The number of hydrogen-bond acceptors (Lipinski definition) is 5. The number of aromatic nitrogens is 4. The summed E-state index contributed by atoms with van der Waals surface area (Å²) in [5.41, 5.74) is 4.15. The molecule has 0 bridgehead atoms. The predicted octanol–water partition coefficient (Wildman–Crippen LogP) is 3.72. The second kappa shape index (κ2) is 8.89. The van der Waals surface area contributed by atoms with Gasteiger partial charge in [-0.3, -0.25) is 9.69 Å². The number of carbonyl (C=O) groups excluding carboxylic acids is 1. The summed E-state index contributed by atoms with van der Waals surface area (Å²) in [7, 11) is 0. The van der Waals surface area contributed by atoms with Crippen molar-refractivity contribution in [3.8, 4) is 5.69 Å². The lowest BCUT2D eigenvalue weighted by Crippen LogP contribution is -2.39. The van der Waals surface area contributed by atoms with E-state index < -0.39 is 0 Å². The summed E-state index contributed by atoms with van der Waals surface area (Å²) in [5, 5.41) is 11.6. The lowest BCUT2D eigenvalue weighted by molar-refractivity contribution is -0.121. The summed E-state index contributed by atoms with van der Waals surface area (Å²) < 4.78 is 4.05. The van der Waals surface area contributed by atoms with E-state index in [4.69, 9.17) is 12.2 Å². The molecule has 1 amide bonds. The first-order chi connectivity index (χ1) is 14.5. The Morgan fingerprint density at radius 1 is 1.07 bits per heavy atom. The van der Waals surface area contributed by atoms with Gasteiger partial charge < -0.3 is 5.32 Å². The number of tetrazole rings is 1. The van der Waals surface area contributed by atoms with Gasteiger partial charge in [-0.05, 0) is 78.7 Å². The van der Waals surface area contributed by atoms with E-state index in [9.17, 15) is 4.79 Å². The highest BCUT2D eigenvalue weighted by Crippen LogP contribution is 2.21. The number of para-hydroxylation sites is 1. The van der Waals surface area contributed by atoms with Crippen LogP contribution in [0.5, 0.6) is 0 Å². The Labute approximate surface area is 181 Å². The average Bonchev–Trinajstić information content (AvgIpc) is 3.11. The number of hydrogen-bond donors (Lipinski definition) is 1. The van der Waals surface area contributed by atoms with Gasteiger partial charge in [-0.1, -0.05) is 30.3 Å². The fourth-order valence-corrected chi connectivity index (χ4v) is 4.00. The quantitative estimate of drug-likeness (QED) is 0.635. The van der Waals surface area contributed by atoms with Crippen molar-refractivity contribution in [2.24, 2.45) is 5.92 Å². The molecular formula is C22H26N6OS. The minimum absolute atomic E-state index is 0.0278. The molecule has 156 valence electrons. The largest absolute Gasteiger partial charge is 0.326 e. The van der Waals surface area contributed by atoms with Crippen molar-refractivity contribution in [1.82, 2.24) is 24.7 Å². The van der Waals surface area contributed by atoms with Gasteiger partial charge in [-0.25, -0.2) is 4.68 Å². The van der Waals surface area contributed by atoms with E-state index in [1.807, 2.05) is 42.5 Å². The first kappa shape index (κ1) is 20.4. The second-order valence-electron chi connectivity index (χ2n) is 7.78. The Morgan fingerprint density at radius 3 is 2.53 bits per heavy atom. The molecule has 1 aliphatic rings. The highest BCUT2D eigenvalue weighted by molar-refractivity contribution is 7.71. The molecule has 0 saturated carbocycles. The predicted molar refractivity (Wildman–Crippen MR) is 119 cm³/mol. The van der Waals surface area contributed by atoms with Crippen molar-refractivity contribution >= 4 is 23.8 Å². The van der Waals surface area contributed by atoms with Crippen molar-refractivity contribution in [2.45, 2.75) is 33.4 Å². The van der Waals surface area contributed by atoms with Gasteiger partial charge in [0.15, 0.2) is 0 Å². The van der Waals surface area contributed by atoms with E-state index in [2.05, 4.69) is 40.6 Å². The fourth-order valence-electron chi connectivity index (χ4n) is 3.77. The molecule has 0 radical (unpaired) electrons. The van der Waals surface area contributed by atoms with Crippen LogP contribution in [0.1, 0.15) is 24.0 Å². The number of nitrogens with one attached hydrogen (secondary N) is 1. The van der Waals surface area contributed by atoms with E-state index in [1.54, 1.807) is 9.36 Å². The molecule has 2 heterocycles. The van der Waals surface area contributed by atoms with Crippen LogP contribution in [0.3, 0.4) is 0 Å². The van der Waals surface area contributed by atoms with Crippen LogP contribution in [0.25, 0.3) is 5.69 Å². The third kappa shape index (κ3) is 4.34. The summed E-state index contributed by atoms with van der Waals surface area (Å²) in [6.45, 7) is 6.37. The molecular weight excluding hydrogens is 396 g/mol. The summed E-state index contributed by atoms with van der Waals surface area (Å²) in [6.07, 6.45) is 1.63. The fraction of sp³-hybridized carbons (Fsp3) is 0.364. The van der Waals surface area contributed by atoms with Crippen LogP contribution in [0, 0.1) is 24.5 Å². The molecule has 2 aromatic carbocycles. The van der Waals surface area contributed by atoms with Gasteiger partial charge in [0, 0.05) is 24.7 Å². The van der Waals surface area contributed by atoms with Crippen LogP contribution < -0.4 is 5.32 Å². The van der Waals surface area contributed by atoms with Gasteiger partial charge in [0.05, 0.1) is 12.4 Å². The molecule has 30 heavy (non-hydrogen) atoms. The summed E-state index contributed by atoms with van der Waals surface area (Å²) in [6, 6.07) is 15.7. The van der Waals surface area contributed by atoms with E-state index in [0.717, 1.165) is 42.9 Å². The molecule has 1 N–H and O–H groups in total. The van der Waals surface area contributed by atoms with Crippen LogP contribution in [-0.4, -0.2) is 43.7 Å². The third-order valence-corrected chi connectivity index (χ3v) is 6.16. The number of carbonyl (C=O) groups is 1. The Hall–Kier alpha value is -2.84. The van der Waals surface area contributed by atoms with Crippen molar-refractivity contribution in [2.75, 3.05) is 18.4 Å². The number of nitrogens with zero attached hydrogens (tertiary/aromatic N) is 5. The average molecular weight is 423 g/mol. The molecule has 7 nitrogen and oxygen atoms in total. The van der Waals surface area contributed by atoms with Gasteiger partial charge in [-0.2, -0.15) is 4.68 Å². The molecule has 3 aromatic rings. The molecule has 8 heteroatoms. The zero-order valence-electron chi connectivity index (χ0n) is 17.3. The van der Waals surface area contributed by atoms with Gasteiger partial charge in [0.2, 0.25) is 10.7 Å². The molecule has 0 unspecified atom stereocenters. The van der Waals surface area contributed by atoms with E-state index in [1.165, 1.54) is 5.56 Å². The van der Waals surface area contributed by atoms with Gasteiger partial charge in [-0.15, -0.1) is 0 Å². The number of rotatable bonds is 5. The van der Waals surface area contributed by atoms with E-state index >= 15 is 0 Å². The molecule has 1 aliphatic heterocycles. The summed E-state index contributed by atoms with van der Waals surface area (Å²) in [5.74, 6) is 0.124. The summed E-state index contributed by atoms with van der Waals surface area (Å²) >= 11 is 5.63. The second-order valence-corrected chi connectivity index (χ2v) is 8.15. The maximum atomic E-state index is 12.5. The summed E-state index contributed by atoms with van der Waals surface area (Å²) in [4.78, 5) is 14.8. The minimum atomic E-state index is 0.0278. The number of anilines is 1. The lowest BCUT2D eigenvalue weighted by atomic mass is 9.96. The molecule has 1 saturated heterocycles. The third-order valence-electron chi connectivity index (χ3n) is 5.78. The van der Waals surface area contributed by atoms with Gasteiger partial charge >= 0.3 is 0 Å².